The molecule has 0 bridgehead atoms. The predicted molar refractivity (Wildman–Crippen MR) is 72.1 cm³/mol. The second kappa shape index (κ2) is 5.80. The number of carbonyl (C=O) groups excluding carboxylic acids is 2. The summed E-state index contributed by atoms with van der Waals surface area (Å²) in [6.07, 6.45) is 1.06. The fourth-order valence-corrected chi connectivity index (χ4v) is 2.74. The third-order valence-corrected chi connectivity index (χ3v) is 3.90. The Balaban J connectivity index is 1.48. The van der Waals surface area contributed by atoms with E-state index in [1.54, 1.807) is 6.92 Å². The highest BCUT2D eigenvalue weighted by atomic mass is 16.4. The first-order chi connectivity index (χ1) is 10.1. The number of nitrogens with zero attached hydrogens (tertiary/aromatic N) is 4. The lowest BCUT2D eigenvalue weighted by Gasteiger charge is -2.35. The van der Waals surface area contributed by atoms with Gasteiger partial charge in [-0.1, -0.05) is 0 Å². The van der Waals surface area contributed by atoms with Gasteiger partial charge in [-0.25, -0.2) is 0 Å². The molecule has 114 valence electrons. The number of rotatable bonds is 3. The van der Waals surface area contributed by atoms with Crippen LogP contribution < -0.4 is 5.32 Å². The molecule has 2 fully saturated rings. The Bertz CT molecular complexity index is 536. The zero-order chi connectivity index (χ0) is 14.8. The summed E-state index contributed by atoms with van der Waals surface area (Å²) in [6, 6.07) is -0.331. The molecular formula is C13H19N5O3. The first kappa shape index (κ1) is 14.0. The Kier molecular flexibility index (Phi) is 3.87. The molecule has 2 aliphatic heterocycles. The average molecular weight is 293 g/mol. The summed E-state index contributed by atoms with van der Waals surface area (Å²) in [6.45, 7) is 5.25. The maximum atomic E-state index is 12.3. The third kappa shape index (κ3) is 3.21. The quantitative estimate of drug-likeness (QED) is 0.792. The lowest BCUT2D eigenvalue weighted by molar-refractivity contribution is -0.136. The molecule has 0 spiro atoms. The van der Waals surface area contributed by atoms with Crippen LogP contribution in [0.25, 0.3) is 0 Å². The van der Waals surface area contributed by atoms with Gasteiger partial charge < -0.3 is 14.6 Å². The maximum absolute atomic E-state index is 12.3. The van der Waals surface area contributed by atoms with Crippen LogP contribution in [0, 0.1) is 6.92 Å². The van der Waals surface area contributed by atoms with Gasteiger partial charge in [0, 0.05) is 39.5 Å². The summed E-state index contributed by atoms with van der Waals surface area (Å²) >= 11 is 0. The summed E-state index contributed by atoms with van der Waals surface area (Å²) < 4.78 is 5.36. The second-order valence-corrected chi connectivity index (χ2v) is 5.48. The zero-order valence-corrected chi connectivity index (χ0v) is 12.0. The molecule has 21 heavy (non-hydrogen) atoms. The van der Waals surface area contributed by atoms with Crippen LogP contribution in [0.15, 0.2) is 4.42 Å². The standard InChI is InChI=1S/C13H19N5O3/c1-9-15-16-12(21-9)8-17-4-6-18(7-5-17)13(20)10-2-3-11(19)14-10/h10H,2-8H2,1H3,(H,14,19). The van der Waals surface area contributed by atoms with Crippen LogP contribution >= 0.6 is 0 Å². The van der Waals surface area contributed by atoms with Crippen molar-refractivity contribution < 1.29 is 14.0 Å². The topological polar surface area (TPSA) is 91.6 Å². The van der Waals surface area contributed by atoms with E-state index in [0.717, 1.165) is 13.1 Å². The second-order valence-electron chi connectivity index (χ2n) is 5.48. The lowest BCUT2D eigenvalue weighted by atomic mass is 10.2. The number of hydrogen-bond acceptors (Lipinski definition) is 6. The molecule has 0 radical (unpaired) electrons. The van der Waals surface area contributed by atoms with Gasteiger partial charge in [-0.05, 0) is 6.42 Å². The molecule has 0 aliphatic carbocycles. The summed E-state index contributed by atoms with van der Waals surface area (Å²) in [4.78, 5) is 27.5. The van der Waals surface area contributed by atoms with Crippen molar-refractivity contribution >= 4 is 11.8 Å². The van der Waals surface area contributed by atoms with E-state index in [9.17, 15) is 9.59 Å². The molecule has 8 heteroatoms. The molecule has 1 aromatic heterocycles. The molecule has 1 unspecified atom stereocenters. The van der Waals surface area contributed by atoms with Crippen molar-refractivity contribution in [2.24, 2.45) is 0 Å². The molecule has 8 nitrogen and oxygen atoms in total. The van der Waals surface area contributed by atoms with Gasteiger partial charge in [-0.2, -0.15) is 0 Å². The first-order valence-electron chi connectivity index (χ1n) is 7.21. The Morgan fingerprint density at radius 3 is 2.67 bits per heavy atom. The van der Waals surface area contributed by atoms with Crippen LogP contribution in [-0.2, 0) is 16.1 Å². The number of piperazine rings is 1. The van der Waals surface area contributed by atoms with Crippen molar-refractivity contribution in [2.45, 2.75) is 32.4 Å². The normalized spacial score (nSPS) is 23.4. The van der Waals surface area contributed by atoms with Gasteiger partial charge in [0.1, 0.15) is 6.04 Å². The van der Waals surface area contributed by atoms with E-state index >= 15 is 0 Å². The smallest absolute Gasteiger partial charge is 0.245 e. The van der Waals surface area contributed by atoms with Crippen molar-refractivity contribution in [3.63, 3.8) is 0 Å². The molecule has 1 N–H and O–H groups in total. The van der Waals surface area contributed by atoms with E-state index in [1.165, 1.54) is 0 Å². The van der Waals surface area contributed by atoms with Crippen molar-refractivity contribution in [3.05, 3.63) is 11.8 Å². The minimum Gasteiger partial charge on any atom is -0.424 e. The molecular weight excluding hydrogens is 274 g/mol. The maximum Gasteiger partial charge on any atom is 0.245 e. The molecule has 1 aromatic rings. The number of aromatic nitrogens is 2. The fraction of sp³-hybridized carbons (Fsp3) is 0.692. The van der Waals surface area contributed by atoms with Crippen LogP contribution in [0.2, 0.25) is 0 Å². The van der Waals surface area contributed by atoms with E-state index in [1.807, 2.05) is 4.90 Å². The number of aryl methyl sites for hydroxylation is 1. The van der Waals surface area contributed by atoms with Crippen molar-refractivity contribution in [3.8, 4) is 0 Å². The van der Waals surface area contributed by atoms with E-state index in [0.29, 0.717) is 44.3 Å². The Hall–Kier alpha value is -1.96. The monoisotopic (exact) mass is 293 g/mol. The molecule has 2 aliphatic rings. The van der Waals surface area contributed by atoms with E-state index in [4.69, 9.17) is 4.42 Å². The Morgan fingerprint density at radius 1 is 1.33 bits per heavy atom. The zero-order valence-electron chi connectivity index (χ0n) is 12.0. The fourth-order valence-electron chi connectivity index (χ4n) is 2.74. The molecule has 0 saturated carbocycles. The van der Waals surface area contributed by atoms with Gasteiger partial charge in [0.2, 0.25) is 23.6 Å². The summed E-state index contributed by atoms with van der Waals surface area (Å²) in [5, 5.41) is 10.5. The van der Waals surface area contributed by atoms with Crippen LogP contribution in [0.5, 0.6) is 0 Å². The van der Waals surface area contributed by atoms with Crippen LogP contribution in [0.4, 0.5) is 0 Å². The van der Waals surface area contributed by atoms with Crippen molar-refractivity contribution in [1.29, 1.82) is 0 Å². The van der Waals surface area contributed by atoms with Crippen molar-refractivity contribution in [1.82, 2.24) is 25.3 Å². The van der Waals surface area contributed by atoms with E-state index < -0.39 is 0 Å². The van der Waals surface area contributed by atoms with Crippen LogP contribution in [0.3, 0.4) is 0 Å². The van der Waals surface area contributed by atoms with E-state index in [-0.39, 0.29) is 17.9 Å². The average Bonchev–Trinajstić information content (AvgIpc) is 3.08. The first-order valence-corrected chi connectivity index (χ1v) is 7.21. The minimum absolute atomic E-state index is 0.0289. The Morgan fingerprint density at radius 2 is 2.10 bits per heavy atom. The highest BCUT2D eigenvalue weighted by Crippen LogP contribution is 2.13. The van der Waals surface area contributed by atoms with Gasteiger partial charge in [0.05, 0.1) is 6.54 Å². The van der Waals surface area contributed by atoms with Crippen LogP contribution in [-0.4, -0.2) is 64.0 Å². The van der Waals surface area contributed by atoms with Gasteiger partial charge in [-0.15, -0.1) is 10.2 Å². The molecule has 1 atom stereocenters. The highest BCUT2D eigenvalue weighted by molar-refractivity contribution is 5.90. The predicted octanol–water partition coefficient (Wildman–Crippen LogP) is -0.699. The van der Waals surface area contributed by atoms with E-state index in [2.05, 4.69) is 20.4 Å². The van der Waals surface area contributed by atoms with Gasteiger partial charge in [0.15, 0.2) is 0 Å². The molecule has 2 saturated heterocycles. The number of amides is 2. The number of carbonyl (C=O) groups is 2. The highest BCUT2D eigenvalue weighted by Gasteiger charge is 2.32. The Labute approximate surface area is 122 Å². The van der Waals surface area contributed by atoms with Crippen molar-refractivity contribution in [2.75, 3.05) is 26.2 Å². The lowest BCUT2D eigenvalue weighted by Crippen LogP contribution is -2.53. The SMILES string of the molecule is Cc1nnc(CN2CCN(C(=O)C3CCC(=O)N3)CC2)o1. The molecule has 3 heterocycles. The number of hydrogen-bond donors (Lipinski definition) is 1. The summed E-state index contributed by atoms with van der Waals surface area (Å²) in [7, 11) is 0. The van der Waals surface area contributed by atoms with Gasteiger partial charge in [-0.3, -0.25) is 14.5 Å². The summed E-state index contributed by atoms with van der Waals surface area (Å²) in [5.41, 5.74) is 0. The molecule has 3 rings (SSSR count). The number of nitrogens with one attached hydrogen (secondary N) is 1. The minimum atomic E-state index is -0.331. The van der Waals surface area contributed by atoms with Crippen LogP contribution in [0.1, 0.15) is 24.6 Å². The summed E-state index contributed by atoms with van der Waals surface area (Å²) in [5.74, 6) is 1.18. The molecule has 2 amide bonds. The largest absolute Gasteiger partial charge is 0.424 e. The van der Waals surface area contributed by atoms with Gasteiger partial charge >= 0.3 is 0 Å². The molecule has 0 aromatic carbocycles. The van der Waals surface area contributed by atoms with Gasteiger partial charge in [0.25, 0.3) is 0 Å². The third-order valence-electron chi connectivity index (χ3n) is 3.90.